The normalized spacial score (nSPS) is 13.4. The minimum absolute atomic E-state index is 0.0109. The zero-order chi connectivity index (χ0) is 12.2. The van der Waals surface area contributed by atoms with Crippen molar-refractivity contribution in [3.63, 3.8) is 0 Å². The van der Waals surface area contributed by atoms with Crippen LogP contribution in [0.15, 0.2) is 29.2 Å². The van der Waals surface area contributed by atoms with Crippen LogP contribution in [0.3, 0.4) is 0 Å². The maximum Gasteiger partial charge on any atom is 0.296 e. The number of hydrogen-bond acceptors (Lipinski definition) is 5. The number of rotatable bonds is 5. The second-order valence-corrected chi connectivity index (χ2v) is 4.58. The Morgan fingerprint density at radius 1 is 1.31 bits per heavy atom. The first kappa shape index (κ1) is 12.9. The lowest BCUT2D eigenvalue weighted by atomic mass is 10.3. The fourth-order valence-corrected chi connectivity index (χ4v) is 1.80. The zero-order valence-electron chi connectivity index (χ0n) is 8.37. The summed E-state index contributed by atoms with van der Waals surface area (Å²) in [5, 5.41) is 20.3. The molecule has 1 atom stereocenters. The molecule has 90 valence electrons. The molecule has 0 aliphatic rings. The van der Waals surface area contributed by atoms with Crippen LogP contribution in [0.4, 0.5) is 5.69 Å². The van der Waals surface area contributed by atoms with Crippen molar-refractivity contribution >= 4 is 15.8 Å². The van der Waals surface area contributed by atoms with Crippen molar-refractivity contribution in [2.45, 2.75) is 11.0 Å². The van der Waals surface area contributed by atoms with Crippen molar-refractivity contribution in [1.29, 1.82) is 0 Å². The maximum atomic E-state index is 11.0. The van der Waals surface area contributed by atoms with Gasteiger partial charge >= 0.3 is 0 Å². The molecule has 0 bridgehead atoms. The van der Waals surface area contributed by atoms with Gasteiger partial charge in [-0.25, -0.2) is 0 Å². The van der Waals surface area contributed by atoms with Crippen LogP contribution in [0.2, 0.25) is 0 Å². The van der Waals surface area contributed by atoms with E-state index >= 15 is 0 Å². The largest absolute Gasteiger partial charge is 0.394 e. The second-order valence-electron chi connectivity index (χ2n) is 3.19. The van der Waals surface area contributed by atoms with Crippen molar-refractivity contribution in [3.05, 3.63) is 24.3 Å². The molecule has 0 aromatic heterocycles. The SMILES string of the molecule is O=S(=O)(O)c1ccccc1NCC(O)CO. The van der Waals surface area contributed by atoms with Crippen molar-refractivity contribution in [2.75, 3.05) is 18.5 Å². The summed E-state index contributed by atoms with van der Waals surface area (Å²) in [6.07, 6.45) is -0.991. The highest BCUT2D eigenvalue weighted by molar-refractivity contribution is 7.86. The third kappa shape index (κ3) is 3.46. The molecule has 1 aromatic carbocycles. The molecule has 0 aliphatic heterocycles. The van der Waals surface area contributed by atoms with Gasteiger partial charge in [-0.3, -0.25) is 4.55 Å². The molecule has 0 saturated heterocycles. The molecule has 0 radical (unpaired) electrons. The van der Waals surface area contributed by atoms with Crippen LogP contribution in [-0.4, -0.2) is 42.4 Å². The van der Waals surface area contributed by atoms with Gasteiger partial charge in [0.1, 0.15) is 4.90 Å². The number of para-hydroxylation sites is 1. The first-order valence-electron chi connectivity index (χ1n) is 4.54. The molecule has 4 N–H and O–H groups in total. The smallest absolute Gasteiger partial charge is 0.296 e. The molecule has 0 saturated carbocycles. The summed E-state index contributed by atoms with van der Waals surface area (Å²) in [5.41, 5.74) is 0.178. The van der Waals surface area contributed by atoms with Gasteiger partial charge in [-0.1, -0.05) is 12.1 Å². The third-order valence-corrected chi connectivity index (χ3v) is 2.82. The minimum atomic E-state index is -4.29. The van der Waals surface area contributed by atoms with Crippen LogP contribution >= 0.6 is 0 Å². The predicted molar refractivity (Wildman–Crippen MR) is 57.8 cm³/mol. The second kappa shape index (κ2) is 5.26. The van der Waals surface area contributed by atoms with Gasteiger partial charge in [-0.2, -0.15) is 8.42 Å². The van der Waals surface area contributed by atoms with E-state index < -0.39 is 22.8 Å². The van der Waals surface area contributed by atoms with Crippen molar-refractivity contribution in [2.24, 2.45) is 0 Å². The van der Waals surface area contributed by atoms with Crippen LogP contribution in [0.5, 0.6) is 0 Å². The van der Waals surface area contributed by atoms with Crippen LogP contribution in [0.1, 0.15) is 0 Å². The van der Waals surface area contributed by atoms with Crippen molar-refractivity contribution in [3.8, 4) is 0 Å². The molecule has 16 heavy (non-hydrogen) atoms. The molecule has 1 unspecified atom stereocenters. The molecule has 0 amide bonds. The molecule has 1 rings (SSSR count). The minimum Gasteiger partial charge on any atom is -0.394 e. The Morgan fingerprint density at radius 3 is 2.50 bits per heavy atom. The molecule has 0 heterocycles. The number of hydrogen-bond donors (Lipinski definition) is 4. The summed E-state index contributed by atoms with van der Waals surface area (Å²) in [6.45, 7) is -0.440. The standard InChI is InChI=1S/C9H13NO5S/c11-6-7(12)5-10-8-3-1-2-4-9(8)16(13,14)15/h1-4,7,10-12H,5-6H2,(H,13,14,15). The highest BCUT2D eigenvalue weighted by Gasteiger charge is 2.14. The summed E-state index contributed by atoms with van der Waals surface area (Å²) in [6, 6.07) is 5.75. The van der Waals surface area contributed by atoms with Gasteiger partial charge in [0.15, 0.2) is 0 Å². The topological polar surface area (TPSA) is 107 Å². The monoisotopic (exact) mass is 247 g/mol. The van der Waals surface area contributed by atoms with Gasteiger partial charge in [0, 0.05) is 6.54 Å². The predicted octanol–water partition coefficient (Wildman–Crippen LogP) is -0.302. The Hall–Kier alpha value is -1.15. The first-order valence-corrected chi connectivity index (χ1v) is 5.98. The molecule has 6 nitrogen and oxygen atoms in total. The Labute approximate surface area is 93.3 Å². The lowest BCUT2D eigenvalue weighted by molar-refractivity contribution is 0.105. The van der Waals surface area contributed by atoms with E-state index in [1.54, 1.807) is 6.07 Å². The van der Waals surface area contributed by atoms with Gasteiger partial charge < -0.3 is 15.5 Å². The van der Waals surface area contributed by atoms with E-state index in [2.05, 4.69) is 5.32 Å². The van der Waals surface area contributed by atoms with Crippen LogP contribution in [0, 0.1) is 0 Å². The van der Waals surface area contributed by atoms with E-state index in [0.717, 1.165) is 0 Å². The maximum absolute atomic E-state index is 11.0. The van der Waals surface area contributed by atoms with E-state index in [1.807, 2.05) is 0 Å². The van der Waals surface area contributed by atoms with Gasteiger partial charge in [0.2, 0.25) is 0 Å². The van der Waals surface area contributed by atoms with Crippen molar-refractivity contribution in [1.82, 2.24) is 0 Å². The summed E-state index contributed by atoms with van der Waals surface area (Å²) >= 11 is 0. The molecule has 0 spiro atoms. The van der Waals surface area contributed by atoms with E-state index in [4.69, 9.17) is 14.8 Å². The number of nitrogens with one attached hydrogen (secondary N) is 1. The number of aliphatic hydroxyl groups is 2. The van der Waals surface area contributed by atoms with Crippen molar-refractivity contribution < 1.29 is 23.2 Å². The van der Waals surface area contributed by atoms with Gasteiger partial charge in [-0.15, -0.1) is 0 Å². The van der Waals surface area contributed by atoms with Gasteiger partial charge in [-0.05, 0) is 12.1 Å². The van der Waals surface area contributed by atoms with E-state index in [1.165, 1.54) is 18.2 Å². The molecule has 0 aliphatic carbocycles. The van der Waals surface area contributed by atoms with Crippen LogP contribution in [0.25, 0.3) is 0 Å². The quantitative estimate of drug-likeness (QED) is 0.532. The summed E-state index contributed by atoms with van der Waals surface area (Å²) in [4.78, 5) is -0.264. The van der Waals surface area contributed by atoms with Crippen LogP contribution in [-0.2, 0) is 10.1 Å². The Kier molecular flexibility index (Phi) is 4.25. The van der Waals surface area contributed by atoms with E-state index in [0.29, 0.717) is 0 Å². The third-order valence-electron chi connectivity index (χ3n) is 1.90. The molecule has 0 fully saturated rings. The zero-order valence-corrected chi connectivity index (χ0v) is 9.18. The summed E-state index contributed by atoms with van der Waals surface area (Å²) in [7, 11) is -4.29. The lowest BCUT2D eigenvalue weighted by Crippen LogP contribution is -2.23. The summed E-state index contributed by atoms with van der Waals surface area (Å²) in [5.74, 6) is 0. The van der Waals surface area contributed by atoms with Gasteiger partial charge in [0.05, 0.1) is 18.4 Å². The molecule has 7 heteroatoms. The fraction of sp³-hybridized carbons (Fsp3) is 0.333. The van der Waals surface area contributed by atoms with Gasteiger partial charge in [0.25, 0.3) is 10.1 Å². The number of benzene rings is 1. The average Bonchev–Trinajstić information content (AvgIpc) is 2.25. The van der Waals surface area contributed by atoms with E-state index in [9.17, 15) is 8.42 Å². The van der Waals surface area contributed by atoms with E-state index in [-0.39, 0.29) is 17.1 Å². The fourth-order valence-electron chi connectivity index (χ4n) is 1.13. The lowest BCUT2D eigenvalue weighted by Gasteiger charge is -2.12. The highest BCUT2D eigenvalue weighted by Crippen LogP contribution is 2.19. The first-order chi connectivity index (χ1) is 7.45. The molecular formula is C9H13NO5S. The van der Waals surface area contributed by atoms with Crippen LogP contribution < -0.4 is 5.32 Å². The molecular weight excluding hydrogens is 234 g/mol. The molecule has 1 aromatic rings. The Balaban J connectivity index is 2.88. The average molecular weight is 247 g/mol. The number of aliphatic hydroxyl groups excluding tert-OH is 2. The Morgan fingerprint density at radius 2 is 1.94 bits per heavy atom. The highest BCUT2D eigenvalue weighted by atomic mass is 32.2. The Bertz CT molecular complexity index is 445. The summed E-state index contributed by atoms with van der Waals surface area (Å²) < 4.78 is 30.9. The number of anilines is 1.